The number of hydrogen-bond donors (Lipinski definition) is 2. The molecule has 0 unspecified atom stereocenters. The fourth-order valence-electron chi connectivity index (χ4n) is 2.91. The Morgan fingerprint density at radius 2 is 1.77 bits per heavy atom. The zero-order valence-electron chi connectivity index (χ0n) is 18.4. The molecule has 31 heavy (non-hydrogen) atoms. The number of aliphatic imine (C=N–C) groups is 1. The Morgan fingerprint density at radius 3 is 2.48 bits per heavy atom. The molecule has 1 fully saturated rings. The Bertz CT molecular complexity index is 795. The molecule has 0 aliphatic heterocycles. The van der Waals surface area contributed by atoms with Gasteiger partial charge in [0.2, 0.25) is 0 Å². The van der Waals surface area contributed by atoms with Crippen molar-refractivity contribution in [2.24, 2.45) is 10.9 Å². The van der Waals surface area contributed by atoms with Gasteiger partial charge in [-0.1, -0.05) is 30.3 Å². The van der Waals surface area contributed by atoms with Gasteiger partial charge in [0.05, 0.1) is 19.8 Å². The van der Waals surface area contributed by atoms with Gasteiger partial charge >= 0.3 is 0 Å². The van der Waals surface area contributed by atoms with Gasteiger partial charge < -0.3 is 24.8 Å². The minimum atomic E-state index is 0. The summed E-state index contributed by atoms with van der Waals surface area (Å²) >= 11 is 0. The summed E-state index contributed by atoms with van der Waals surface area (Å²) in [5.41, 5.74) is 2.26. The van der Waals surface area contributed by atoms with E-state index < -0.39 is 0 Å². The number of guanidine groups is 1. The second-order valence-electron chi connectivity index (χ2n) is 7.40. The molecule has 0 heterocycles. The molecule has 7 heteroatoms. The van der Waals surface area contributed by atoms with Crippen LogP contribution in [0, 0.1) is 5.92 Å². The molecule has 3 rings (SSSR count). The minimum Gasteiger partial charge on any atom is -0.493 e. The van der Waals surface area contributed by atoms with Crippen molar-refractivity contribution in [1.82, 2.24) is 10.6 Å². The van der Waals surface area contributed by atoms with Crippen LogP contribution in [0.1, 0.15) is 30.9 Å². The summed E-state index contributed by atoms with van der Waals surface area (Å²) in [6, 6.07) is 16.2. The normalized spacial score (nSPS) is 13.3. The van der Waals surface area contributed by atoms with Crippen LogP contribution in [0.25, 0.3) is 0 Å². The molecule has 0 bridgehead atoms. The number of methoxy groups -OCH3 is 1. The van der Waals surface area contributed by atoms with E-state index in [1.807, 2.05) is 42.5 Å². The van der Waals surface area contributed by atoms with Gasteiger partial charge in [0.15, 0.2) is 5.96 Å². The zero-order chi connectivity index (χ0) is 21.0. The topological polar surface area (TPSA) is 64.1 Å². The van der Waals surface area contributed by atoms with Crippen molar-refractivity contribution in [2.75, 3.05) is 33.5 Å². The van der Waals surface area contributed by atoms with Crippen LogP contribution in [0.5, 0.6) is 11.5 Å². The number of hydrogen-bond acceptors (Lipinski definition) is 4. The van der Waals surface area contributed by atoms with Crippen molar-refractivity contribution in [3.63, 3.8) is 0 Å². The lowest BCUT2D eigenvalue weighted by Crippen LogP contribution is -2.36. The Kier molecular flexibility index (Phi) is 11.5. The first-order chi connectivity index (χ1) is 14.8. The van der Waals surface area contributed by atoms with Gasteiger partial charge in [-0.05, 0) is 49.4 Å². The number of benzene rings is 2. The van der Waals surface area contributed by atoms with E-state index in [2.05, 4.69) is 23.6 Å². The summed E-state index contributed by atoms with van der Waals surface area (Å²) < 4.78 is 16.6. The van der Waals surface area contributed by atoms with Gasteiger partial charge in [-0.25, -0.2) is 4.99 Å². The van der Waals surface area contributed by atoms with Crippen LogP contribution in [0.2, 0.25) is 0 Å². The van der Waals surface area contributed by atoms with Crippen LogP contribution < -0.4 is 20.1 Å². The third-order valence-corrected chi connectivity index (χ3v) is 4.83. The second-order valence-corrected chi connectivity index (χ2v) is 7.40. The predicted molar refractivity (Wildman–Crippen MR) is 136 cm³/mol. The van der Waals surface area contributed by atoms with Crippen molar-refractivity contribution in [3.8, 4) is 11.5 Å². The molecule has 6 nitrogen and oxygen atoms in total. The van der Waals surface area contributed by atoms with Crippen LogP contribution in [-0.2, 0) is 17.8 Å². The molecule has 1 aliphatic rings. The quantitative estimate of drug-likeness (QED) is 0.182. The van der Waals surface area contributed by atoms with E-state index in [0.29, 0.717) is 26.3 Å². The molecule has 0 spiro atoms. The first-order valence-electron chi connectivity index (χ1n) is 10.7. The lowest BCUT2D eigenvalue weighted by molar-refractivity contribution is 0.146. The molecule has 0 radical (unpaired) electrons. The van der Waals surface area contributed by atoms with Crippen molar-refractivity contribution >= 4 is 29.9 Å². The highest BCUT2D eigenvalue weighted by Crippen LogP contribution is 2.30. The summed E-state index contributed by atoms with van der Waals surface area (Å²) in [7, 11) is 1.67. The predicted octanol–water partition coefficient (Wildman–Crippen LogP) is 4.37. The third-order valence-electron chi connectivity index (χ3n) is 4.83. The lowest BCUT2D eigenvalue weighted by atomic mass is 10.2. The molecular formula is C24H34IN3O3. The van der Waals surface area contributed by atoms with Crippen LogP contribution in [0.15, 0.2) is 53.5 Å². The Hall–Kier alpha value is -2.00. The maximum absolute atomic E-state index is 6.01. The molecule has 0 amide bonds. The van der Waals surface area contributed by atoms with Gasteiger partial charge in [0.25, 0.3) is 0 Å². The van der Waals surface area contributed by atoms with Gasteiger partial charge in [0, 0.05) is 25.8 Å². The average molecular weight is 539 g/mol. The highest BCUT2D eigenvalue weighted by Gasteiger charge is 2.22. The Balaban J connectivity index is 0.00000341. The molecule has 2 aromatic carbocycles. The van der Waals surface area contributed by atoms with E-state index in [0.717, 1.165) is 47.7 Å². The van der Waals surface area contributed by atoms with Crippen LogP contribution in [0.3, 0.4) is 0 Å². The molecule has 0 atom stereocenters. The van der Waals surface area contributed by atoms with Gasteiger partial charge in [-0.3, -0.25) is 0 Å². The minimum absolute atomic E-state index is 0. The third kappa shape index (κ3) is 9.35. The summed E-state index contributed by atoms with van der Waals surface area (Å²) in [6.45, 7) is 6.07. The number of halogens is 1. The standard InChI is InChI=1S/C24H33N3O3.HI/c1-3-25-24(26-16-19-10-12-22(13-11-19)29-15-14-28-2)27-17-21-6-4-5-7-23(21)30-18-20-8-9-20;/h4-7,10-13,20H,3,8-9,14-18H2,1-2H3,(H2,25,26,27);1H. The van der Waals surface area contributed by atoms with Gasteiger partial charge in [-0.15, -0.1) is 24.0 Å². The number of rotatable bonds is 12. The van der Waals surface area contributed by atoms with E-state index >= 15 is 0 Å². The largest absolute Gasteiger partial charge is 0.493 e. The highest BCUT2D eigenvalue weighted by atomic mass is 127. The fraction of sp³-hybridized carbons (Fsp3) is 0.458. The van der Waals surface area contributed by atoms with E-state index in [4.69, 9.17) is 19.2 Å². The van der Waals surface area contributed by atoms with E-state index in [1.54, 1.807) is 7.11 Å². The smallest absolute Gasteiger partial charge is 0.191 e. The molecule has 1 aliphatic carbocycles. The van der Waals surface area contributed by atoms with Crippen molar-refractivity contribution in [2.45, 2.75) is 32.9 Å². The van der Waals surface area contributed by atoms with Crippen LogP contribution in [-0.4, -0.2) is 39.4 Å². The summed E-state index contributed by atoms with van der Waals surface area (Å²) in [5, 5.41) is 6.72. The van der Waals surface area contributed by atoms with Crippen molar-refractivity contribution < 1.29 is 14.2 Å². The molecule has 0 aromatic heterocycles. The van der Waals surface area contributed by atoms with E-state index in [-0.39, 0.29) is 24.0 Å². The van der Waals surface area contributed by atoms with Gasteiger partial charge in [-0.2, -0.15) is 0 Å². The lowest BCUT2D eigenvalue weighted by Gasteiger charge is -2.14. The summed E-state index contributed by atoms with van der Waals surface area (Å²) in [4.78, 5) is 4.71. The molecule has 2 N–H and O–H groups in total. The highest BCUT2D eigenvalue weighted by molar-refractivity contribution is 14.0. The average Bonchev–Trinajstić information content (AvgIpc) is 3.60. The number of nitrogens with zero attached hydrogens (tertiary/aromatic N) is 1. The van der Waals surface area contributed by atoms with Crippen molar-refractivity contribution in [1.29, 1.82) is 0 Å². The molecular weight excluding hydrogens is 505 g/mol. The zero-order valence-corrected chi connectivity index (χ0v) is 20.8. The monoisotopic (exact) mass is 539 g/mol. The fourth-order valence-corrected chi connectivity index (χ4v) is 2.91. The van der Waals surface area contributed by atoms with E-state index in [1.165, 1.54) is 12.8 Å². The Labute approximate surface area is 202 Å². The van der Waals surface area contributed by atoms with Crippen LogP contribution >= 0.6 is 24.0 Å². The SMILES string of the molecule is CCNC(=NCc1ccc(OCCOC)cc1)NCc1ccccc1OCC1CC1.I. The molecule has 1 saturated carbocycles. The van der Waals surface area contributed by atoms with Gasteiger partial charge in [0.1, 0.15) is 18.1 Å². The maximum atomic E-state index is 6.01. The number of ether oxygens (including phenoxy) is 3. The van der Waals surface area contributed by atoms with Crippen LogP contribution in [0.4, 0.5) is 0 Å². The molecule has 2 aromatic rings. The number of para-hydroxylation sites is 1. The number of nitrogens with one attached hydrogen (secondary N) is 2. The van der Waals surface area contributed by atoms with E-state index in [9.17, 15) is 0 Å². The summed E-state index contributed by atoms with van der Waals surface area (Å²) in [5.74, 6) is 3.32. The Morgan fingerprint density at radius 1 is 1.00 bits per heavy atom. The maximum Gasteiger partial charge on any atom is 0.191 e. The first-order valence-corrected chi connectivity index (χ1v) is 10.7. The molecule has 170 valence electrons. The first kappa shape index (κ1) is 25.3. The second kappa shape index (κ2) is 14.1. The van der Waals surface area contributed by atoms with Crippen molar-refractivity contribution in [3.05, 3.63) is 59.7 Å². The molecule has 0 saturated heterocycles. The summed E-state index contributed by atoms with van der Waals surface area (Å²) in [6.07, 6.45) is 2.58.